The summed E-state index contributed by atoms with van der Waals surface area (Å²) >= 11 is 0. The summed E-state index contributed by atoms with van der Waals surface area (Å²) in [5, 5.41) is 7.35. The minimum absolute atomic E-state index is 0. The number of halogens is 1. The lowest BCUT2D eigenvalue weighted by Gasteiger charge is -1.98. The van der Waals surface area contributed by atoms with Crippen LogP contribution in [0.4, 0.5) is 0 Å². The first-order valence-electron chi connectivity index (χ1n) is 5.94. The van der Waals surface area contributed by atoms with Gasteiger partial charge in [0, 0.05) is 12.1 Å². The average Bonchev–Trinajstić information content (AvgIpc) is 3.00. The fourth-order valence-electron chi connectivity index (χ4n) is 2.09. The van der Waals surface area contributed by atoms with Crippen molar-refractivity contribution in [2.45, 2.75) is 19.3 Å². The molecular formula is C13H16ClN3O. The van der Waals surface area contributed by atoms with Gasteiger partial charge >= 0.3 is 0 Å². The minimum Gasteiger partial charge on any atom is -0.339 e. The maximum absolute atomic E-state index is 5.33. The van der Waals surface area contributed by atoms with Gasteiger partial charge in [0.25, 0.3) is 0 Å². The van der Waals surface area contributed by atoms with Gasteiger partial charge < -0.3 is 9.84 Å². The molecule has 1 aromatic heterocycles. The van der Waals surface area contributed by atoms with Gasteiger partial charge in [-0.25, -0.2) is 0 Å². The zero-order chi connectivity index (χ0) is 11.7. The molecule has 1 fully saturated rings. The fourth-order valence-corrected chi connectivity index (χ4v) is 2.09. The monoisotopic (exact) mass is 265 g/mol. The molecule has 4 nitrogen and oxygen atoms in total. The molecule has 96 valence electrons. The quantitative estimate of drug-likeness (QED) is 0.907. The summed E-state index contributed by atoms with van der Waals surface area (Å²) < 4.78 is 5.33. The number of hydrogen-bond acceptors (Lipinski definition) is 4. The van der Waals surface area contributed by atoms with Gasteiger partial charge in [-0.15, -0.1) is 12.4 Å². The first kappa shape index (κ1) is 13.1. The molecule has 0 bridgehead atoms. The van der Waals surface area contributed by atoms with E-state index in [0.717, 1.165) is 31.0 Å². The highest BCUT2D eigenvalue weighted by Crippen LogP contribution is 2.23. The second-order valence-electron chi connectivity index (χ2n) is 4.51. The van der Waals surface area contributed by atoms with Crippen LogP contribution in [0.15, 0.2) is 28.8 Å². The second-order valence-corrected chi connectivity index (χ2v) is 4.51. The highest BCUT2D eigenvalue weighted by molar-refractivity contribution is 5.85. The van der Waals surface area contributed by atoms with Crippen LogP contribution in [0.1, 0.15) is 23.8 Å². The van der Waals surface area contributed by atoms with Crippen LogP contribution in [0.5, 0.6) is 0 Å². The van der Waals surface area contributed by atoms with Crippen molar-refractivity contribution in [2.75, 3.05) is 13.1 Å². The first-order chi connectivity index (χ1) is 8.33. The molecule has 1 aromatic carbocycles. The molecule has 3 rings (SSSR count). The number of rotatable bonds is 2. The van der Waals surface area contributed by atoms with Crippen molar-refractivity contribution in [3.63, 3.8) is 0 Å². The molecule has 1 N–H and O–H groups in total. The van der Waals surface area contributed by atoms with Gasteiger partial charge in [-0.3, -0.25) is 0 Å². The van der Waals surface area contributed by atoms with Gasteiger partial charge in [0.2, 0.25) is 11.7 Å². The Labute approximate surface area is 112 Å². The largest absolute Gasteiger partial charge is 0.339 e. The molecule has 0 aliphatic carbocycles. The molecule has 1 aliphatic heterocycles. The first-order valence-corrected chi connectivity index (χ1v) is 5.94. The van der Waals surface area contributed by atoms with Crippen molar-refractivity contribution >= 4 is 12.4 Å². The highest BCUT2D eigenvalue weighted by Gasteiger charge is 2.22. The van der Waals surface area contributed by atoms with E-state index < -0.39 is 0 Å². The van der Waals surface area contributed by atoms with E-state index in [4.69, 9.17) is 4.52 Å². The Morgan fingerprint density at radius 3 is 2.72 bits per heavy atom. The van der Waals surface area contributed by atoms with E-state index in [0.29, 0.717) is 11.7 Å². The molecule has 1 saturated heterocycles. The zero-order valence-corrected chi connectivity index (χ0v) is 11.0. The molecular weight excluding hydrogens is 250 g/mol. The molecule has 0 spiro atoms. The maximum Gasteiger partial charge on any atom is 0.231 e. The summed E-state index contributed by atoms with van der Waals surface area (Å²) in [6.45, 7) is 4.04. The van der Waals surface area contributed by atoms with Gasteiger partial charge in [0.15, 0.2) is 0 Å². The van der Waals surface area contributed by atoms with Crippen molar-refractivity contribution in [1.82, 2.24) is 15.5 Å². The van der Waals surface area contributed by atoms with Crippen LogP contribution in [-0.4, -0.2) is 23.2 Å². The number of aromatic nitrogens is 2. The Morgan fingerprint density at radius 1 is 1.28 bits per heavy atom. The van der Waals surface area contributed by atoms with Crippen molar-refractivity contribution < 1.29 is 4.52 Å². The summed E-state index contributed by atoms with van der Waals surface area (Å²) in [4.78, 5) is 4.47. The van der Waals surface area contributed by atoms with E-state index in [1.165, 1.54) is 5.56 Å². The Bertz CT molecular complexity index is 503. The molecule has 2 heterocycles. The summed E-state index contributed by atoms with van der Waals surface area (Å²) in [7, 11) is 0. The molecule has 5 heteroatoms. The van der Waals surface area contributed by atoms with Crippen LogP contribution >= 0.6 is 12.4 Å². The summed E-state index contributed by atoms with van der Waals surface area (Å²) in [5.41, 5.74) is 2.24. The van der Waals surface area contributed by atoms with Crippen LogP contribution in [0.25, 0.3) is 11.4 Å². The van der Waals surface area contributed by atoms with E-state index in [1.54, 1.807) is 0 Å². The van der Waals surface area contributed by atoms with Gasteiger partial charge in [-0.2, -0.15) is 4.98 Å². The van der Waals surface area contributed by atoms with Crippen molar-refractivity contribution in [3.8, 4) is 11.4 Å². The van der Waals surface area contributed by atoms with E-state index in [9.17, 15) is 0 Å². The SMILES string of the molecule is Cc1ccc(-c2noc(C3CCNC3)n2)cc1.Cl. The minimum atomic E-state index is 0. The zero-order valence-electron chi connectivity index (χ0n) is 10.2. The third kappa shape index (κ3) is 2.54. The van der Waals surface area contributed by atoms with Crippen LogP contribution < -0.4 is 5.32 Å². The number of nitrogens with one attached hydrogen (secondary N) is 1. The molecule has 1 aliphatic rings. The number of nitrogens with zero attached hydrogens (tertiary/aromatic N) is 2. The third-order valence-corrected chi connectivity index (χ3v) is 3.16. The standard InChI is InChI=1S/C13H15N3O.ClH/c1-9-2-4-10(5-3-9)12-15-13(17-16-12)11-6-7-14-8-11;/h2-5,11,14H,6-8H2,1H3;1H. The van der Waals surface area contributed by atoms with Crippen LogP contribution in [0.3, 0.4) is 0 Å². The molecule has 0 radical (unpaired) electrons. The van der Waals surface area contributed by atoms with Gasteiger partial charge in [-0.1, -0.05) is 35.0 Å². The van der Waals surface area contributed by atoms with Gasteiger partial charge in [0.1, 0.15) is 0 Å². The van der Waals surface area contributed by atoms with E-state index >= 15 is 0 Å². The Kier molecular flexibility index (Phi) is 3.99. The smallest absolute Gasteiger partial charge is 0.231 e. The predicted octanol–water partition coefficient (Wildman–Crippen LogP) is 2.54. The average molecular weight is 266 g/mol. The highest BCUT2D eigenvalue weighted by atomic mass is 35.5. The third-order valence-electron chi connectivity index (χ3n) is 3.16. The van der Waals surface area contributed by atoms with E-state index in [2.05, 4.69) is 34.5 Å². The molecule has 1 unspecified atom stereocenters. The Hall–Kier alpha value is -1.39. The number of aryl methyl sites for hydroxylation is 1. The topological polar surface area (TPSA) is 51.0 Å². The summed E-state index contributed by atoms with van der Waals surface area (Å²) in [5.74, 6) is 1.82. The summed E-state index contributed by atoms with van der Waals surface area (Å²) in [6, 6.07) is 8.17. The summed E-state index contributed by atoms with van der Waals surface area (Å²) in [6.07, 6.45) is 1.08. The maximum atomic E-state index is 5.33. The molecule has 2 aromatic rings. The van der Waals surface area contributed by atoms with Crippen LogP contribution in [0.2, 0.25) is 0 Å². The Balaban J connectivity index is 0.00000120. The molecule has 0 amide bonds. The van der Waals surface area contributed by atoms with Gasteiger partial charge in [0.05, 0.1) is 5.92 Å². The molecule has 1 atom stereocenters. The second kappa shape index (κ2) is 5.50. The van der Waals surface area contributed by atoms with E-state index in [1.807, 2.05) is 12.1 Å². The van der Waals surface area contributed by atoms with E-state index in [-0.39, 0.29) is 12.4 Å². The Morgan fingerprint density at radius 2 is 2.06 bits per heavy atom. The lowest BCUT2D eigenvalue weighted by atomic mass is 10.1. The lowest BCUT2D eigenvalue weighted by molar-refractivity contribution is 0.359. The van der Waals surface area contributed by atoms with Crippen LogP contribution in [-0.2, 0) is 0 Å². The van der Waals surface area contributed by atoms with Crippen molar-refractivity contribution in [1.29, 1.82) is 0 Å². The molecule has 0 saturated carbocycles. The number of benzene rings is 1. The number of hydrogen-bond donors (Lipinski definition) is 1. The van der Waals surface area contributed by atoms with Crippen molar-refractivity contribution in [2.24, 2.45) is 0 Å². The lowest BCUT2D eigenvalue weighted by Crippen LogP contribution is -2.08. The molecule has 18 heavy (non-hydrogen) atoms. The predicted molar refractivity (Wildman–Crippen MR) is 71.9 cm³/mol. The van der Waals surface area contributed by atoms with Crippen molar-refractivity contribution in [3.05, 3.63) is 35.7 Å². The van der Waals surface area contributed by atoms with Gasteiger partial charge in [-0.05, 0) is 19.9 Å². The van der Waals surface area contributed by atoms with Crippen LogP contribution in [0, 0.1) is 6.92 Å². The fraction of sp³-hybridized carbons (Fsp3) is 0.385. The normalized spacial score (nSPS) is 18.6.